The van der Waals surface area contributed by atoms with Crippen molar-refractivity contribution in [2.75, 3.05) is 0 Å². The molecule has 1 aromatic heterocycles. The highest BCUT2D eigenvalue weighted by molar-refractivity contribution is 5.86. The summed E-state index contributed by atoms with van der Waals surface area (Å²) in [6.07, 6.45) is 1.48. The Bertz CT molecular complexity index is 585. The topological polar surface area (TPSA) is 64.3 Å². The second kappa shape index (κ2) is 5.14. The molecule has 2 rings (SSSR count). The fourth-order valence-electron chi connectivity index (χ4n) is 1.83. The number of carboxylic acid groups (broad SMARTS) is 1. The summed E-state index contributed by atoms with van der Waals surface area (Å²) in [5.41, 5.74) is 1.02. The van der Waals surface area contributed by atoms with E-state index in [9.17, 15) is 4.79 Å². The predicted molar refractivity (Wildman–Crippen MR) is 71.4 cm³/mol. The second-order valence-electron chi connectivity index (χ2n) is 4.52. The number of carbonyl (C=O) groups is 1. The van der Waals surface area contributed by atoms with Crippen molar-refractivity contribution in [2.45, 2.75) is 20.0 Å². The van der Waals surface area contributed by atoms with Crippen molar-refractivity contribution >= 4 is 5.97 Å². The summed E-state index contributed by atoms with van der Waals surface area (Å²) < 4.78 is 7.11. The van der Waals surface area contributed by atoms with E-state index in [-0.39, 0.29) is 11.8 Å². The van der Waals surface area contributed by atoms with E-state index in [0.29, 0.717) is 5.82 Å². The van der Waals surface area contributed by atoms with Crippen LogP contribution in [-0.4, -0.2) is 26.7 Å². The van der Waals surface area contributed by atoms with Gasteiger partial charge in [-0.25, -0.2) is 9.78 Å². The highest BCUT2D eigenvalue weighted by atomic mass is 16.5. The third kappa shape index (κ3) is 2.76. The van der Waals surface area contributed by atoms with Crippen molar-refractivity contribution < 1.29 is 14.6 Å². The molecule has 1 aromatic carbocycles. The zero-order chi connectivity index (χ0) is 14.0. The Morgan fingerprint density at radius 2 is 1.95 bits per heavy atom. The average Bonchev–Trinajstić information content (AvgIpc) is 2.71. The highest BCUT2D eigenvalue weighted by Gasteiger charge is 2.13. The quantitative estimate of drug-likeness (QED) is 0.917. The van der Waals surface area contributed by atoms with Gasteiger partial charge in [0.25, 0.3) is 0 Å². The molecule has 100 valence electrons. The molecule has 1 heterocycles. The van der Waals surface area contributed by atoms with E-state index in [1.807, 2.05) is 38.1 Å². The van der Waals surface area contributed by atoms with Crippen molar-refractivity contribution in [3.63, 3.8) is 0 Å². The first kappa shape index (κ1) is 13.1. The molecule has 0 aliphatic carbocycles. The van der Waals surface area contributed by atoms with Crippen LogP contribution in [0.2, 0.25) is 0 Å². The molecule has 0 radical (unpaired) electrons. The van der Waals surface area contributed by atoms with Gasteiger partial charge in [-0.15, -0.1) is 0 Å². The summed E-state index contributed by atoms with van der Waals surface area (Å²) >= 11 is 0. The first-order valence-corrected chi connectivity index (χ1v) is 6.01. The Balaban J connectivity index is 2.30. The lowest BCUT2D eigenvalue weighted by molar-refractivity contribution is 0.0686. The number of aromatic carboxylic acids is 1. The minimum absolute atomic E-state index is 0.123. The van der Waals surface area contributed by atoms with Gasteiger partial charge in [0, 0.05) is 12.6 Å². The summed E-state index contributed by atoms with van der Waals surface area (Å²) in [5.74, 6) is 0.418. The Morgan fingerprint density at radius 1 is 1.32 bits per heavy atom. The van der Waals surface area contributed by atoms with Gasteiger partial charge < -0.3 is 14.4 Å². The summed E-state index contributed by atoms with van der Waals surface area (Å²) in [4.78, 5) is 15.1. The largest absolute Gasteiger partial charge is 0.491 e. The zero-order valence-electron chi connectivity index (χ0n) is 11.1. The van der Waals surface area contributed by atoms with E-state index in [1.54, 1.807) is 11.6 Å². The van der Waals surface area contributed by atoms with Gasteiger partial charge in [-0.3, -0.25) is 0 Å². The van der Waals surface area contributed by atoms with Crippen LogP contribution in [0.1, 0.15) is 24.3 Å². The Kier molecular flexibility index (Phi) is 3.55. The third-order valence-electron chi connectivity index (χ3n) is 2.69. The number of ether oxygens (including phenoxy) is 1. The number of nitrogens with zero attached hydrogens (tertiary/aromatic N) is 2. The lowest BCUT2D eigenvalue weighted by Gasteiger charge is -2.10. The monoisotopic (exact) mass is 260 g/mol. The SMILES string of the molecule is CC(C)Oc1ccc(-c2ncc(C(=O)O)n2C)cc1. The van der Waals surface area contributed by atoms with Crippen LogP contribution >= 0.6 is 0 Å². The van der Waals surface area contributed by atoms with Crippen LogP contribution in [0.4, 0.5) is 0 Å². The van der Waals surface area contributed by atoms with Gasteiger partial charge in [0.15, 0.2) is 0 Å². The van der Waals surface area contributed by atoms with Crippen LogP contribution < -0.4 is 4.74 Å². The van der Waals surface area contributed by atoms with Crippen LogP contribution in [0.5, 0.6) is 5.75 Å². The maximum Gasteiger partial charge on any atom is 0.354 e. The van der Waals surface area contributed by atoms with Crippen molar-refractivity contribution in [3.05, 3.63) is 36.2 Å². The van der Waals surface area contributed by atoms with E-state index >= 15 is 0 Å². The van der Waals surface area contributed by atoms with Gasteiger partial charge >= 0.3 is 5.97 Å². The van der Waals surface area contributed by atoms with Crippen LogP contribution in [0.25, 0.3) is 11.4 Å². The highest BCUT2D eigenvalue weighted by Crippen LogP contribution is 2.22. The van der Waals surface area contributed by atoms with Crippen molar-refractivity contribution in [1.82, 2.24) is 9.55 Å². The molecule has 0 amide bonds. The normalized spacial score (nSPS) is 10.7. The molecule has 0 saturated carbocycles. The fourth-order valence-corrected chi connectivity index (χ4v) is 1.83. The molecular weight excluding hydrogens is 244 g/mol. The minimum Gasteiger partial charge on any atom is -0.491 e. The smallest absolute Gasteiger partial charge is 0.354 e. The van der Waals surface area contributed by atoms with Gasteiger partial charge in [0.1, 0.15) is 17.3 Å². The number of benzene rings is 1. The van der Waals surface area contributed by atoms with Gasteiger partial charge in [-0.05, 0) is 38.1 Å². The number of rotatable bonds is 4. The molecule has 0 aliphatic heterocycles. The molecule has 0 bridgehead atoms. The average molecular weight is 260 g/mol. The predicted octanol–water partition coefficient (Wildman–Crippen LogP) is 2.57. The maximum atomic E-state index is 11.0. The van der Waals surface area contributed by atoms with E-state index < -0.39 is 5.97 Å². The summed E-state index contributed by atoms with van der Waals surface area (Å²) in [7, 11) is 1.68. The van der Waals surface area contributed by atoms with Crippen molar-refractivity contribution in [2.24, 2.45) is 7.05 Å². The molecule has 0 saturated heterocycles. The molecule has 0 fully saturated rings. The number of hydrogen-bond donors (Lipinski definition) is 1. The Morgan fingerprint density at radius 3 is 2.42 bits per heavy atom. The third-order valence-corrected chi connectivity index (χ3v) is 2.69. The number of hydrogen-bond acceptors (Lipinski definition) is 3. The summed E-state index contributed by atoms with van der Waals surface area (Å²) in [6.45, 7) is 3.93. The van der Waals surface area contributed by atoms with Crippen LogP contribution in [-0.2, 0) is 7.05 Å². The lowest BCUT2D eigenvalue weighted by atomic mass is 10.2. The van der Waals surface area contributed by atoms with Gasteiger partial charge in [-0.1, -0.05) is 0 Å². The maximum absolute atomic E-state index is 11.0. The molecular formula is C14H16N2O3. The number of imidazole rings is 1. The molecule has 0 spiro atoms. The second-order valence-corrected chi connectivity index (χ2v) is 4.52. The molecule has 1 N–H and O–H groups in total. The van der Waals surface area contributed by atoms with Crippen molar-refractivity contribution in [3.8, 4) is 17.1 Å². The molecule has 2 aromatic rings. The molecule has 5 heteroatoms. The van der Waals surface area contributed by atoms with Crippen LogP contribution in [0, 0.1) is 0 Å². The molecule has 19 heavy (non-hydrogen) atoms. The first-order valence-electron chi connectivity index (χ1n) is 6.01. The molecule has 5 nitrogen and oxygen atoms in total. The standard InChI is InChI=1S/C14H16N2O3/c1-9(2)19-11-6-4-10(5-7-11)13-15-8-12(14(17)18)16(13)3/h4-9H,1-3H3,(H,17,18). The number of aromatic nitrogens is 2. The van der Waals surface area contributed by atoms with E-state index in [4.69, 9.17) is 9.84 Å². The molecule has 0 atom stereocenters. The first-order chi connectivity index (χ1) is 8.99. The van der Waals surface area contributed by atoms with Gasteiger partial charge in [0.05, 0.1) is 12.3 Å². The Hall–Kier alpha value is -2.30. The van der Waals surface area contributed by atoms with Gasteiger partial charge in [0.2, 0.25) is 0 Å². The van der Waals surface area contributed by atoms with Gasteiger partial charge in [-0.2, -0.15) is 0 Å². The summed E-state index contributed by atoms with van der Waals surface area (Å²) in [6, 6.07) is 7.44. The molecule has 0 unspecified atom stereocenters. The van der Waals surface area contributed by atoms with E-state index in [2.05, 4.69) is 4.98 Å². The number of carboxylic acids is 1. The van der Waals surface area contributed by atoms with Crippen LogP contribution in [0.3, 0.4) is 0 Å². The Labute approximate surface area is 111 Å². The lowest BCUT2D eigenvalue weighted by Crippen LogP contribution is -2.06. The van der Waals surface area contributed by atoms with E-state index in [0.717, 1.165) is 11.3 Å². The zero-order valence-corrected chi connectivity index (χ0v) is 11.1. The summed E-state index contributed by atoms with van der Waals surface area (Å²) in [5, 5.41) is 8.99. The van der Waals surface area contributed by atoms with Crippen LogP contribution in [0.15, 0.2) is 30.5 Å². The fraction of sp³-hybridized carbons (Fsp3) is 0.286. The minimum atomic E-state index is -0.985. The molecule has 0 aliphatic rings. The van der Waals surface area contributed by atoms with E-state index in [1.165, 1.54) is 6.20 Å². The van der Waals surface area contributed by atoms with Crippen molar-refractivity contribution in [1.29, 1.82) is 0 Å².